The van der Waals surface area contributed by atoms with E-state index >= 15 is 0 Å². The van der Waals surface area contributed by atoms with Crippen molar-refractivity contribution >= 4 is 17.6 Å². The molecule has 3 heterocycles. The highest BCUT2D eigenvalue weighted by atomic mass is 32.1. The minimum absolute atomic E-state index is 0.147. The first-order chi connectivity index (χ1) is 11.8. The number of piperidine rings is 1. The standard InChI is InChI=1S/C18H22N4OS/c1-14-13-24-18(21-14)15(10-19)11-20-12-16(17-6-5-9-23-17)22-7-3-2-4-8-22/h5-6,9,11,13,15-16H,2-4,7-8,12H2,1H3/t15-,16+/m1/s1. The molecule has 1 aliphatic heterocycles. The molecule has 0 aromatic carbocycles. The van der Waals surface area contributed by atoms with Gasteiger partial charge in [-0.05, 0) is 45.0 Å². The van der Waals surface area contributed by atoms with E-state index in [0.29, 0.717) is 6.54 Å². The molecule has 126 valence electrons. The summed E-state index contributed by atoms with van der Waals surface area (Å²) < 4.78 is 5.63. The second kappa shape index (κ2) is 8.22. The van der Waals surface area contributed by atoms with Gasteiger partial charge in [0.2, 0.25) is 0 Å². The van der Waals surface area contributed by atoms with Crippen LogP contribution in [0, 0.1) is 18.3 Å². The van der Waals surface area contributed by atoms with Crippen molar-refractivity contribution in [1.82, 2.24) is 9.88 Å². The highest BCUT2D eigenvalue weighted by molar-refractivity contribution is 7.09. The third-order valence-electron chi connectivity index (χ3n) is 4.28. The molecule has 0 radical (unpaired) electrons. The Kier molecular flexibility index (Phi) is 5.78. The number of aliphatic imine (C=N–C) groups is 1. The summed E-state index contributed by atoms with van der Waals surface area (Å²) in [6.07, 6.45) is 7.19. The molecule has 2 aromatic rings. The normalized spacial score (nSPS) is 18.5. The summed E-state index contributed by atoms with van der Waals surface area (Å²) in [6, 6.07) is 6.37. The van der Waals surface area contributed by atoms with Crippen LogP contribution in [0.1, 0.15) is 47.7 Å². The lowest BCUT2D eigenvalue weighted by Crippen LogP contribution is -2.35. The average Bonchev–Trinajstić information content (AvgIpc) is 3.28. The van der Waals surface area contributed by atoms with Gasteiger partial charge in [-0.3, -0.25) is 9.89 Å². The second-order valence-corrected chi connectivity index (χ2v) is 6.97. The predicted octanol–water partition coefficient (Wildman–Crippen LogP) is 3.95. The van der Waals surface area contributed by atoms with Crippen LogP contribution in [0.15, 0.2) is 33.2 Å². The van der Waals surface area contributed by atoms with Gasteiger partial charge in [0.15, 0.2) is 0 Å². The molecule has 0 saturated carbocycles. The van der Waals surface area contributed by atoms with Crippen LogP contribution in [0.2, 0.25) is 0 Å². The van der Waals surface area contributed by atoms with Gasteiger partial charge in [-0.1, -0.05) is 6.42 Å². The molecule has 0 aliphatic carbocycles. The van der Waals surface area contributed by atoms with Crippen LogP contribution in [-0.2, 0) is 0 Å². The first kappa shape index (κ1) is 16.9. The SMILES string of the molecule is Cc1csc([C@H](C#N)C=NC[C@@H](c2ccco2)N2CCCCC2)n1. The van der Waals surface area contributed by atoms with Crippen molar-refractivity contribution < 1.29 is 4.42 Å². The highest BCUT2D eigenvalue weighted by Crippen LogP contribution is 2.26. The fraction of sp³-hybridized carbons (Fsp3) is 0.500. The zero-order valence-electron chi connectivity index (χ0n) is 13.9. The number of hydrogen-bond donors (Lipinski definition) is 0. The summed E-state index contributed by atoms with van der Waals surface area (Å²) in [7, 11) is 0. The summed E-state index contributed by atoms with van der Waals surface area (Å²) in [5.74, 6) is 0.579. The van der Waals surface area contributed by atoms with Crippen molar-refractivity contribution in [3.05, 3.63) is 40.2 Å². The smallest absolute Gasteiger partial charge is 0.133 e. The van der Waals surface area contributed by atoms with Crippen LogP contribution in [0.4, 0.5) is 0 Å². The van der Waals surface area contributed by atoms with Gasteiger partial charge >= 0.3 is 0 Å². The molecule has 3 rings (SSSR count). The minimum Gasteiger partial charge on any atom is -0.468 e. The van der Waals surface area contributed by atoms with E-state index in [1.54, 1.807) is 12.5 Å². The Morgan fingerprint density at radius 2 is 2.29 bits per heavy atom. The first-order valence-corrected chi connectivity index (χ1v) is 9.25. The number of nitriles is 1. The van der Waals surface area contributed by atoms with Crippen LogP contribution >= 0.6 is 11.3 Å². The molecule has 0 bridgehead atoms. The summed E-state index contributed by atoms with van der Waals surface area (Å²) >= 11 is 1.51. The maximum Gasteiger partial charge on any atom is 0.133 e. The van der Waals surface area contributed by atoms with Crippen LogP contribution in [0.5, 0.6) is 0 Å². The van der Waals surface area contributed by atoms with E-state index in [-0.39, 0.29) is 12.0 Å². The maximum atomic E-state index is 9.38. The molecule has 24 heavy (non-hydrogen) atoms. The lowest BCUT2D eigenvalue weighted by atomic mass is 10.1. The van der Waals surface area contributed by atoms with Gasteiger partial charge in [0.25, 0.3) is 0 Å². The number of furan rings is 1. The summed E-state index contributed by atoms with van der Waals surface area (Å²) in [6.45, 7) is 4.70. The van der Waals surface area contributed by atoms with E-state index in [2.05, 4.69) is 20.9 Å². The van der Waals surface area contributed by atoms with Crippen molar-refractivity contribution in [2.24, 2.45) is 4.99 Å². The predicted molar refractivity (Wildman–Crippen MR) is 95.4 cm³/mol. The van der Waals surface area contributed by atoms with Gasteiger partial charge in [0.05, 0.1) is 24.9 Å². The zero-order valence-corrected chi connectivity index (χ0v) is 14.7. The first-order valence-electron chi connectivity index (χ1n) is 8.37. The zero-order chi connectivity index (χ0) is 16.8. The molecule has 0 amide bonds. The van der Waals surface area contributed by atoms with Crippen molar-refractivity contribution in [3.63, 3.8) is 0 Å². The van der Waals surface area contributed by atoms with Gasteiger partial charge in [-0.15, -0.1) is 11.3 Å². The quantitative estimate of drug-likeness (QED) is 0.746. The molecule has 5 nitrogen and oxygen atoms in total. The van der Waals surface area contributed by atoms with Gasteiger partial charge in [-0.25, -0.2) is 4.98 Å². The molecule has 0 unspecified atom stereocenters. The van der Waals surface area contributed by atoms with Crippen LogP contribution in [-0.4, -0.2) is 35.7 Å². The maximum absolute atomic E-state index is 9.38. The largest absolute Gasteiger partial charge is 0.468 e. The molecular formula is C18H22N4OS. The van der Waals surface area contributed by atoms with Crippen molar-refractivity contribution in [2.75, 3.05) is 19.6 Å². The van der Waals surface area contributed by atoms with Gasteiger partial charge < -0.3 is 4.42 Å². The van der Waals surface area contributed by atoms with E-state index in [1.807, 2.05) is 24.4 Å². The Labute approximate surface area is 146 Å². The van der Waals surface area contributed by atoms with E-state index < -0.39 is 0 Å². The van der Waals surface area contributed by atoms with E-state index in [1.165, 1.54) is 30.6 Å². The summed E-state index contributed by atoms with van der Waals surface area (Å²) in [4.78, 5) is 11.4. The van der Waals surface area contributed by atoms with Crippen molar-refractivity contribution in [3.8, 4) is 6.07 Å². The number of thiazole rings is 1. The Balaban J connectivity index is 1.69. The molecule has 2 atom stereocenters. The van der Waals surface area contributed by atoms with Gasteiger partial charge in [-0.2, -0.15) is 5.26 Å². The Hall–Kier alpha value is -1.97. The fourth-order valence-electron chi connectivity index (χ4n) is 3.03. The van der Waals surface area contributed by atoms with Crippen LogP contribution in [0.3, 0.4) is 0 Å². The number of aromatic nitrogens is 1. The molecule has 1 fully saturated rings. The van der Waals surface area contributed by atoms with Crippen LogP contribution < -0.4 is 0 Å². The monoisotopic (exact) mass is 342 g/mol. The summed E-state index contributed by atoms with van der Waals surface area (Å²) in [5.41, 5.74) is 0.949. The second-order valence-electron chi connectivity index (χ2n) is 6.08. The number of hydrogen-bond acceptors (Lipinski definition) is 6. The van der Waals surface area contributed by atoms with E-state index in [0.717, 1.165) is 29.6 Å². The molecule has 2 aromatic heterocycles. The highest BCUT2D eigenvalue weighted by Gasteiger charge is 2.24. The third kappa shape index (κ3) is 4.11. The lowest BCUT2D eigenvalue weighted by molar-refractivity contribution is 0.150. The van der Waals surface area contributed by atoms with Crippen LogP contribution in [0.25, 0.3) is 0 Å². The topological polar surface area (TPSA) is 65.4 Å². The average molecular weight is 342 g/mol. The number of rotatable bonds is 6. The van der Waals surface area contributed by atoms with E-state index in [9.17, 15) is 5.26 Å². The number of likely N-dealkylation sites (tertiary alicyclic amines) is 1. The van der Waals surface area contributed by atoms with Crippen molar-refractivity contribution in [1.29, 1.82) is 5.26 Å². The van der Waals surface area contributed by atoms with Gasteiger partial charge in [0, 0.05) is 17.3 Å². The fourth-order valence-corrected chi connectivity index (χ4v) is 3.83. The Morgan fingerprint density at radius 3 is 2.92 bits per heavy atom. The van der Waals surface area contributed by atoms with E-state index in [4.69, 9.17) is 4.42 Å². The molecule has 1 saturated heterocycles. The van der Waals surface area contributed by atoms with Crippen molar-refractivity contribution in [2.45, 2.75) is 38.1 Å². The summed E-state index contributed by atoms with van der Waals surface area (Å²) in [5, 5.41) is 12.2. The minimum atomic E-state index is -0.373. The molecule has 0 N–H and O–H groups in total. The Bertz CT molecular complexity index is 695. The lowest BCUT2D eigenvalue weighted by Gasteiger charge is -2.32. The molecule has 6 heteroatoms. The Morgan fingerprint density at radius 1 is 1.46 bits per heavy atom. The number of nitrogens with zero attached hydrogens (tertiary/aromatic N) is 4. The van der Waals surface area contributed by atoms with Gasteiger partial charge in [0.1, 0.15) is 16.7 Å². The third-order valence-corrected chi connectivity index (χ3v) is 5.32. The number of aryl methyl sites for hydroxylation is 1. The molecule has 1 aliphatic rings. The molecule has 0 spiro atoms. The molecular weight excluding hydrogens is 320 g/mol.